The minimum atomic E-state index is -4.70. The third-order valence-electron chi connectivity index (χ3n) is 4.83. The summed E-state index contributed by atoms with van der Waals surface area (Å²) in [5.41, 5.74) is -2.72. The zero-order chi connectivity index (χ0) is 23.0. The minimum Gasteiger partial charge on any atom is -0.486 e. The molecule has 1 saturated heterocycles. The fourth-order valence-corrected chi connectivity index (χ4v) is 5.13. The quantitative estimate of drug-likeness (QED) is 0.685. The molecule has 0 unspecified atom stereocenters. The van der Waals surface area contributed by atoms with E-state index in [1.165, 1.54) is 24.3 Å². The van der Waals surface area contributed by atoms with Crippen LogP contribution < -0.4 is 4.74 Å². The van der Waals surface area contributed by atoms with E-state index in [1.807, 2.05) is 6.07 Å². The Morgan fingerprint density at radius 1 is 1.26 bits per heavy atom. The predicted molar refractivity (Wildman–Crippen MR) is 103 cm³/mol. The van der Waals surface area contributed by atoms with Gasteiger partial charge in [0.15, 0.2) is 0 Å². The number of aliphatic hydroxyl groups is 2. The topological polar surface area (TPSA) is 111 Å². The standard InChI is InChI=1S/C19H16ClF3N2O5S/c20-15-7-13(19(21,22)23)3-6-16(15)31(28,29)25-9-17(18(27,10-25)11-26)30-14-4-1-12(8-24)2-5-14/h1-7,17,26-27H,9-11H2/t17-,18+/m0/s1. The van der Waals surface area contributed by atoms with Crippen molar-refractivity contribution in [3.05, 3.63) is 58.6 Å². The Balaban J connectivity index is 1.88. The number of sulfonamides is 1. The largest absolute Gasteiger partial charge is 0.486 e. The summed E-state index contributed by atoms with van der Waals surface area (Å²) < 4.78 is 70.9. The Kier molecular flexibility index (Phi) is 6.23. The highest BCUT2D eigenvalue weighted by Gasteiger charge is 2.51. The molecule has 2 aromatic carbocycles. The molecule has 1 aliphatic heterocycles. The first-order valence-electron chi connectivity index (χ1n) is 8.78. The molecule has 0 bridgehead atoms. The number of halogens is 4. The second-order valence-electron chi connectivity index (χ2n) is 6.94. The van der Waals surface area contributed by atoms with Gasteiger partial charge in [-0.3, -0.25) is 0 Å². The number of hydrogen-bond donors (Lipinski definition) is 2. The van der Waals surface area contributed by atoms with Crippen LogP contribution in [0.4, 0.5) is 13.2 Å². The highest BCUT2D eigenvalue weighted by atomic mass is 35.5. The van der Waals surface area contributed by atoms with Gasteiger partial charge < -0.3 is 14.9 Å². The Labute approximate surface area is 180 Å². The van der Waals surface area contributed by atoms with E-state index >= 15 is 0 Å². The zero-order valence-corrected chi connectivity index (χ0v) is 17.2. The van der Waals surface area contributed by atoms with Crippen LogP contribution in [-0.4, -0.2) is 54.3 Å². The maximum atomic E-state index is 13.0. The van der Waals surface area contributed by atoms with Crippen molar-refractivity contribution >= 4 is 21.6 Å². The van der Waals surface area contributed by atoms with Crippen LogP contribution in [0.25, 0.3) is 0 Å². The molecule has 0 saturated carbocycles. The lowest BCUT2D eigenvalue weighted by atomic mass is 10.0. The predicted octanol–water partition coefficient (Wildman–Crippen LogP) is 2.41. The molecule has 2 aromatic rings. The van der Waals surface area contributed by atoms with Crippen LogP contribution in [0.15, 0.2) is 47.4 Å². The number of nitrogens with zero attached hydrogens (tertiary/aromatic N) is 2. The van der Waals surface area contributed by atoms with Crippen LogP contribution in [0.3, 0.4) is 0 Å². The van der Waals surface area contributed by atoms with E-state index in [1.54, 1.807) is 0 Å². The van der Waals surface area contributed by atoms with Gasteiger partial charge in [0.2, 0.25) is 10.0 Å². The zero-order valence-electron chi connectivity index (χ0n) is 15.7. The highest BCUT2D eigenvalue weighted by Crippen LogP contribution is 2.36. The second-order valence-corrected chi connectivity index (χ2v) is 9.26. The molecule has 0 amide bonds. The van der Waals surface area contributed by atoms with Crippen molar-refractivity contribution in [3.63, 3.8) is 0 Å². The van der Waals surface area contributed by atoms with E-state index in [-0.39, 0.29) is 5.75 Å². The summed E-state index contributed by atoms with van der Waals surface area (Å²) in [4.78, 5) is -0.568. The Morgan fingerprint density at radius 2 is 1.90 bits per heavy atom. The van der Waals surface area contributed by atoms with Gasteiger partial charge in [0.05, 0.1) is 35.4 Å². The highest BCUT2D eigenvalue weighted by molar-refractivity contribution is 7.89. The molecule has 166 valence electrons. The summed E-state index contributed by atoms with van der Waals surface area (Å²) in [6.07, 6.45) is -5.88. The van der Waals surface area contributed by atoms with Crippen molar-refractivity contribution in [2.75, 3.05) is 19.7 Å². The lowest BCUT2D eigenvalue weighted by Crippen LogP contribution is -2.48. The first-order valence-corrected chi connectivity index (χ1v) is 10.6. The fraction of sp³-hybridized carbons (Fsp3) is 0.316. The molecule has 0 spiro atoms. The average Bonchev–Trinajstić information content (AvgIpc) is 3.05. The number of nitriles is 1. The smallest absolute Gasteiger partial charge is 0.416 e. The van der Waals surface area contributed by atoms with Crippen molar-refractivity contribution in [2.24, 2.45) is 0 Å². The number of ether oxygens (including phenoxy) is 1. The van der Waals surface area contributed by atoms with E-state index in [4.69, 9.17) is 21.6 Å². The summed E-state index contributed by atoms with van der Waals surface area (Å²) >= 11 is 5.82. The Morgan fingerprint density at radius 3 is 2.42 bits per heavy atom. The molecule has 1 aliphatic rings. The normalized spacial score (nSPS) is 22.3. The molecule has 12 heteroatoms. The van der Waals surface area contributed by atoms with Crippen LogP contribution >= 0.6 is 11.6 Å². The summed E-state index contributed by atoms with van der Waals surface area (Å²) in [6.45, 7) is -1.79. The van der Waals surface area contributed by atoms with Gasteiger partial charge in [-0.15, -0.1) is 0 Å². The van der Waals surface area contributed by atoms with Gasteiger partial charge in [-0.25, -0.2) is 8.42 Å². The van der Waals surface area contributed by atoms with Crippen molar-refractivity contribution in [3.8, 4) is 11.8 Å². The molecular formula is C19H16ClF3N2O5S. The van der Waals surface area contributed by atoms with Crippen LogP contribution in [-0.2, 0) is 16.2 Å². The van der Waals surface area contributed by atoms with Crippen molar-refractivity contribution in [1.29, 1.82) is 5.26 Å². The van der Waals surface area contributed by atoms with Gasteiger partial charge in [0.1, 0.15) is 22.4 Å². The van der Waals surface area contributed by atoms with Crippen molar-refractivity contribution < 1.29 is 36.5 Å². The molecule has 31 heavy (non-hydrogen) atoms. The summed E-state index contributed by atoms with van der Waals surface area (Å²) in [5, 5.41) is 28.6. The van der Waals surface area contributed by atoms with Crippen LogP contribution in [0.5, 0.6) is 5.75 Å². The van der Waals surface area contributed by atoms with Gasteiger partial charge >= 0.3 is 6.18 Å². The monoisotopic (exact) mass is 476 g/mol. The number of hydrogen-bond acceptors (Lipinski definition) is 6. The van der Waals surface area contributed by atoms with Crippen LogP contribution in [0, 0.1) is 11.3 Å². The van der Waals surface area contributed by atoms with Crippen LogP contribution in [0.2, 0.25) is 5.02 Å². The molecular weight excluding hydrogens is 461 g/mol. The summed E-state index contributed by atoms with van der Waals surface area (Å²) in [5.74, 6) is 0.225. The van der Waals surface area contributed by atoms with Gasteiger partial charge in [-0.2, -0.15) is 22.7 Å². The van der Waals surface area contributed by atoms with E-state index in [0.717, 1.165) is 10.4 Å². The van der Waals surface area contributed by atoms with Crippen molar-refractivity contribution in [2.45, 2.75) is 22.8 Å². The summed E-state index contributed by atoms with van der Waals surface area (Å²) in [7, 11) is -4.41. The van der Waals surface area contributed by atoms with Crippen LogP contribution in [0.1, 0.15) is 11.1 Å². The molecule has 7 nitrogen and oxygen atoms in total. The molecule has 3 rings (SSSR count). The Bertz CT molecular complexity index is 1120. The van der Waals surface area contributed by atoms with E-state index in [9.17, 15) is 31.8 Å². The number of aliphatic hydroxyl groups excluding tert-OH is 1. The molecule has 0 aromatic heterocycles. The first kappa shape index (κ1) is 23.3. The lowest BCUT2D eigenvalue weighted by molar-refractivity contribution is -0.137. The third kappa shape index (κ3) is 4.63. The average molecular weight is 477 g/mol. The number of alkyl halides is 3. The minimum absolute atomic E-state index is 0.225. The van der Waals surface area contributed by atoms with Gasteiger partial charge in [0.25, 0.3) is 0 Å². The second kappa shape index (κ2) is 8.29. The molecule has 0 radical (unpaired) electrons. The molecule has 2 atom stereocenters. The maximum absolute atomic E-state index is 13.0. The van der Waals surface area contributed by atoms with E-state index in [0.29, 0.717) is 17.7 Å². The van der Waals surface area contributed by atoms with E-state index < -0.39 is 63.1 Å². The third-order valence-corrected chi connectivity index (χ3v) is 7.13. The summed E-state index contributed by atoms with van der Waals surface area (Å²) in [6, 6.07) is 9.57. The number of rotatable bonds is 5. The Hall–Kier alpha value is -2.36. The first-order chi connectivity index (χ1) is 14.4. The maximum Gasteiger partial charge on any atom is 0.416 e. The SMILES string of the molecule is N#Cc1ccc(O[C@H]2CN(S(=O)(=O)c3ccc(C(F)(F)F)cc3Cl)C[C@@]2(O)CO)cc1. The number of β-amino-alcohol motifs (C(OH)–C–C–N with tert-alkyl or cyclic N) is 1. The molecule has 1 heterocycles. The van der Waals surface area contributed by atoms with Gasteiger partial charge in [-0.05, 0) is 42.5 Å². The number of benzene rings is 2. The van der Waals surface area contributed by atoms with Gasteiger partial charge in [-0.1, -0.05) is 11.6 Å². The lowest BCUT2D eigenvalue weighted by Gasteiger charge is -2.27. The van der Waals surface area contributed by atoms with E-state index in [2.05, 4.69) is 0 Å². The molecule has 0 aliphatic carbocycles. The molecule has 2 N–H and O–H groups in total. The molecule has 1 fully saturated rings. The van der Waals surface area contributed by atoms with Crippen molar-refractivity contribution in [1.82, 2.24) is 4.31 Å². The fourth-order valence-electron chi connectivity index (χ4n) is 3.11. The van der Waals surface area contributed by atoms with Gasteiger partial charge in [0, 0.05) is 6.54 Å².